The largest absolute Gasteiger partial charge is 0.497 e. The van der Waals surface area contributed by atoms with Crippen molar-refractivity contribution in [1.29, 1.82) is 0 Å². The molecule has 0 saturated heterocycles. The predicted molar refractivity (Wildman–Crippen MR) is 107 cm³/mol. The van der Waals surface area contributed by atoms with E-state index in [4.69, 9.17) is 14.2 Å². The van der Waals surface area contributed by atoms with E-state index in [0.717, 1.165) is 0 Å². The van der Waals surface area contributed by atoms with Gasteiger partial charge in [0.05, 0.1) is 31.8 Å². The van der Waals surface area contributed by atoms with Crippen LogP contribution in [0.25, 0.3) is 0 Å². The molecule has 154 valence electrons. The van der Waals surface area contributed by atoms with Crippen LogP contribution in [0.2, 0.25) is 0 Å². The number of tetrazole rings is 1. The number of hydrogen-bond acceptors (Lipinski definition) is 10. The van der Waals surface area contributed by atoms with E-state index in [0.29, 0.717) is 21.9 Å². The van der Waals surface area contributed by atoms with Gasteiger partial charge in [-0.05, 0) is 34.0 Å². The number of anilines is 1. The van der Waals surface area contributed by atoms with Gasteiger partial charge in [0.2, 0.25) is 11.7 Å². The number of esters is 1. The second kappa shape index (κ2) is 7.95. The van der Waals surface area contributed by atoms with Crippen molar-refractivity contribution in [3.05, 3.63) is 57.4 Å². The number of Topliss-reactive ketones (excluding diaryl/α,β-unsaturated/α-hetero) is 1. The molecule has 2 aromatic heterocycles. The molecule has 1 N–H and O–H groups in total. The van der Waals surface area contributed by atoms with E-state index >= 15 is 0 Å². The van der Waals surface area contributed by atoms with Crippen molar-refractivity contribution in [3.8, 4) is 11.5 Å². The number of benzene rings is 1. The molecule has 0 saturated carbocycles. The zero-order valence-electron chi connectivity index (χ0n) is 16.3. The summed E-state index contributed by atoms with van der Waals surface area (Å²) in [5.74, 6) is 0.165. The Morgan fingerprint density at radius 2 is 2.00 bits per heavy atom. The van der Waals surface area contributed by atoms with E-state index in [9.17, 15) is 9.59 Å². The Kier molecular flexibility index (Phi) is 5.19. The molecule has 1 aliphatic heterocycles. The summed E-state index contributed by atoms with van der Waals surface area (Å²) in [6, 6.07) is 7.78. The zero-order chi connectivity index (χ0) is 21.3. The number of fused-ring (bicyclic) bond motifs is 1. The van der Waals surface area contributed by atoms with E-state index in [1.807, 2.05) is 0 Å². The summed E-state index contributed by atoms with van der Waals surface area (Å²) < 4.78 is 17.2. The highest BCUT2D eigenvalue weighted by molar-refractivity contribution is 7.12. The highest BCUT2D eigenvalue weighted by Gasteiger charge is 2.40. The molecule has 30 heavy (non-hydrogen) atoms. The molecule has 0 amide bonds. The SMILES string of the molecule is COC(=O)C1=C(C(=O)c2cccs2)[C@@H](c2ccc(OC)cc2OC)n2nnnc2N1. The molecule has 0 bridgehead atoms. The third-order valence-corrected chi connectivity index (χ3v) is 5.50. The van der Waals surface area contributed by atoms with Crippen LogP contribution in [0.5, 0.6) is 11.5 Å². The van der Waals surface area contributed by atoms with Gasteiger partial charge in [0.25, 0.3) is 0 Å². The van der Waals surface area contributed by atoms with Crippen LogP contribution in [0, 0.1) is 0 Å². The highest BCUT2D eigenvalue weighted by atomic mass is 32.1. The summed E-state index contributed by atoms with van der Waals surface area (Å²) in [4.78, 5) is 26.5. The molecule has 1 aliphatic rings. The number of thiophene rings is 1. The number of hydrogen-bond donors (Lipinski definition) is 1. The maximum Gasteiger partial charge on any atom is 0.355 e. The van der Waals surface area contributed by atoms with Gasteiger partial charge >= 0.3 is 5.97 Å². The standard InChI is InChI=1S/C19H17N5O5S/c1-27-10-6-7-11(12(9-10)28-2)16-14(17(25)13-5-4-8-30-13)15(18(26)29-3)20-19-21-22-23-24(16)19/h4-9,16H,1-3H3,(H,20,21,23)/t16-/m1/s1. The fourth-order valence-electron chi connectivity index (χ4n) is 3.26. The van der Waals surface area contributed by atoms with Gasteiger partial charge in [-0.2, -0.15) is 4.68 Å². The molecular formula is C19H17N5O5S. The van der Waals surface area contributed by atoms with E-state index in [1.165, 1.54) is 30.2 Å². The van der Waals surface area contributed by atoms with Gasteiger partial charge in [-0.1, -0.05) is 11.2 Å². The normalized spacial score (nSPS) is 15.2. The van der Waals surface area contributed by atoms with Crippen LogP contribution in [-0.4, -0.2) is 53.3 Å². The van der Waals surface area contributed by atoms with Gasteiger partial charge in [0.1, 0.15) is 23.2 Å². The van der Waals surface area contributed by atoms with Gasteiger partial charge < -0.3 is 19.5 Å². The van der Waals surface area contributed by atoms with E-state index in [-0.39, 0.29) is 23.0 Å². The highest BCUT2D eigenvalue weighted by Crippen LogP contribution is 2.41. The molecule has 0 fully saturated rings. The molecule has 4 rings (SSSR count). The van der Waals surface area contributed by atoms with E-state index < -0.39 is 12.0 Å². The lowest BCUT2D eigenvalue weighted by Crippen LogP contribution is -2.33. The number of rotatable bonds is 6. The van der Waals surface area contributed by atoms with Crippen LogP contribution in [0.15, 0.2) is 47.0 Å². The molecule has 11 heteroatoms. The molecule has 0 aliphatic carbocycles. The fraction of sp³-hybridized carbons (Fsp3) is 0.211. The van der Waals surface area contributed by atoms with Crippen molar-refractivity contribution in [2.45, 2.75) is 6.04 Å². The van der Waals surface area contributed by atoms with Gasteiger partial charge in [0, 0.05) is 11.6 Å². The molecule has 0 radical (unpaired) electrons. The van der Waals surface area contributed by atoms with Crippen LogP contribution in [0.4, 0.5) is 5.95 Å². The van der Waals surface area contributed by atoms with Crippen LogP contribution in [-0.2, 0) is 9.53 Å². The van der Waals surface area contributed by atoms with Crippen molar-refractivity contribution in [2.24, 2.45) is 0 Å². The average Bonchev–Trinajstić information content (AvgIpc) is 3.48. The number of ether oxygens (including phenoxy) is 3. The molecule has 1 atom stereocenters. The lowest BCUT2D eigenvalue weighted by atomic mass is 9.91. The fourth-order valence-corrected chi connectivity index (χ4v) is 3.94. The average molecular weight is 427 g/mol. The Morgan fingerprint density at radius 3 is 2.67 bits per heavy atom. The van der Waals surface area contributed by atoms with Crippen molar-refractivity contribution < 1.29 is 23.8 Å². The number of aromatic nitrogens is 4. The summed E-state index contributed by atoms with van der Waals surface area (Å²) in [5.41, 5.74) is 0.697. The van der Waals surface area contributed by atoms with E-state index in [2.05, 4.69) is 20.8 Å². The van der Waals surface area contributed by atoms with Crippen LogP contribution >= 0.6 is 11.3 Å². The lowest BCUT2D eigenvalue weighted by Gasteiger charge is -2.28. The first-order valence-electron chi connectivity index (χ1n) is 8.76. The lowest BCUT2D eigenvalue weighted by molar-refractivity contribution is -0.136. The molecule has 0 spiro atoms. The minimum absolute atomic E-state index is 0.0268. The summed E-state index contributed by atoms with van der Waals surface area (Å²) in [6.45, 7) is 0. The maximum absolute atomic E-state index is 13.5. The molecule has 1 aromatic carbocycles. The van der Waals surface area contributed by atoms with Gasteiger partial charge in [-0.15, -0.1) is 11.3 Å². The first-order valence-corrected chi connectivity index (χ1v) is 9.64. The van der Waals surface area contributed by atoms with Crippen LogP contribution in [0.3, 0.4) is 0 Å². The Morgan fingerprint density at radius 1 is 1.17 bits per heavy atom. The minimum atomic E-state index is -0.833. The smallest absolute Gasteiger partial charge is 0.355 e. The quantitative estimate of drug-likeness (QED) is 0.466. The summed E-state index contributed by atoms with van der Waals surface area (Å²) in [5, 5.41) is 16.3. The number of methoxy groups -OCH3 is 3. The Bertz CT molecular complexity index is 1140. The molecule has 0 unspecified atom stereocenters. The van der Waals surface area contributed by atoms with Crippen molar-refractivity contribution >= 4 is 29.0 Å². The number of ketones is 1. The number of carbonyl (C=O) groups excluding carboxylic acids is 2. The third-order valence-electron chi connectivity index (χ3n) is 4.63. The second-order valence-corrected chi connectivity index (χ2v) is 7.12. The minimum Gasteiger partial charge on any atom is -0.497 e. The van der Waals surface area contributed by atoms with Gasteiger partial charge in [-0.25, -0.2) is 4.79 Å². The third kappa shape index (κ3) is 3.18. The molecular weight excluding hydrogens is 410 g/mol. The van der Waals surface area contributed by atoms with Gasteiger partial charge in [-0.3, -0.25) is 4.79 Å². The maximum atomic E-state index is 13.5. The predicted octanol–water partition coefficient (Wildman–Crippen LogP) is 2.08. The Labute approximate surface area is 175 Å². The van der Waals surface area contributed by atoms with Crippen molar-refractivity contribution in [1.82, 2.24) is 20.2 Å². The summed E-state index contributed by atoms with van der Waals surface area (Å²) >= 11 is 1.27. The Hall–Kier alpha value is -3.73. The number of allylic oxidation sites excluding steroid dienone is 1. The summed E-state index contributed by atoms with van der Waals surface area (Å²) in [7, 11) is 4.29. The number of carbonyl (C=O) groups is 2. The van der Waals surface area contributed by atoms with Gasteiger partial charge in [0.15, 0.2) is 0 Å². The van der Waals surface area contributed by atoms with E-state index in [1.54, 1.807) is 42.8 Å². The first-order chi connectivity index (χ1) is 14.6. The Balaban J connectivity index is 1.99. The molecule has 3 heterocycles. The first kappa shape index (κ1) is 19.6. The zero-order valence-corrected chi connectivity index (χ0v) is 17.1. The summed E-state index contributed by atoms with van der Waals surface area (Å²) in [6.07, 6.45) is 0. The topological polar surface area (TPSA) is 117 Å². The van der Waals surface area contributed by atoms with Crippen LogP contribution < -0.4 is 14.8 Å². The molecule has 10 nitrogen and oxygen atoms in total. The number of nitrogens with zero attached hydrogens (tertiary/aromatic N) is 4. The number of nitrogens with one attached hydrogen (secondary N) is 1. The van der Waals surface area contributed by atoms with Crippen LogP contribution in [0.1, 0.15) is 21.3 Å². The second-order valence-electron chi connectivity index (χ2n) is 6.17. The van der Waals surface area contributed by atoms with Crippen molar-refractivity contribution in [2.75, 3.05) is 26.6 Å². The molecule has 3 aromatic rings. The van der Waals surface area contributed by atoms with Crippen molar-refractivity contribution in [3.63, 3.8) is 0 Å². The monoisotopic (exact) mass is 427 g/mol.